The van der Waals surface area contributed by atoms with Gasteiger partial charge in [-0.25, -0.2) is 8.42 Å². The van der Waals surface area contributed by atoms with Crippen molar-refractivity contribution in [2.75, 3.05) is 51.3 Å². The lowest BCUT2D eigenvalue weighted by Gasteiger charge is -2.27. The Morgan fingerprint density at radius 1 is 1.47 bits per heavy atom. The fraction of sp³-hybridized carbons (Fsp3) is 0.909. The number of morpholine rings is 1. The predicted molar refractivity (Wildman–Crippen MR) is 72.6 cm³/mol. The van der Waals surface area contributed by atoms with Gasteiger partial charge in [-0.15, -0.1) is 0 Å². The van der Waals surface area contributed by atoms with Crippen molar-refractivity contribution in [3.05, 3.63) is 0 Å². The minimum atomic E-state index is -3.21. The smallest absolute Gasteiger partial charge is 0.218 e. The first-order valence-electron chi connectivity index (χ1n) is 6.38. The number of sulfone groups is 1. The third kappa shape index (κ3) is 7.46. The number of nitrogens with one attached hydrogen (secondary N) is 1. The number of hydrogen-bond donors (Lipinski definition) is 2. The molecule has 0 bridgehead atoms. The van der Waals surface area contributed by atoms with Crippen molar-refractivity contribution >= 4 is 15.7 Å². The molecule has 1 saturated heterocycles. The van der Waals surface area contributed by atoms with E-state index >= 15 is 0 Å². The number of primary amides is 1. The molecule has 0 aromatic rings. The molecule has 1 heterocycles. The van der Waals surface area contributed by atoms with E-state index in [9.17, 15) is 13.2 Å². The number of hydrogen-bond acceptors (Lipinski definition) is 6. The molecule has 1 aliphatic rings. The fourth-order valence-corrected chi connectivity index (χ4v) is 3.14. The molecule has 8 heteroatoms. The second-order valence-electron chi connectivity index (χ2n) is 4.83. The molecule has 0 aromatic carbocycles. The van der Waals surface area contributed by atoms with Crippen LogP contribution in [-0.4, -0.2) is 76.7 Å². The van der Waals surface area contributed by atoms with Crippen molar-refractivity contribution in [3.63, 3.8) is 0 Å². The molecule has 1 amide bonds. The topological polar surface area (TPSA) is 102 Å². The number of rotatable bonds is 8. The second-order valence-corrected chi connectivity index (χ2v) is 7.13. The lowest BCUT2D eigenvalue weighted by atomic mass is 10.3. The Labute approximate surface area is 114 Å². The SMILES string of the molecule is CN(CCS(=O)(=O)CCC(N)=O)CC1CNCCO1. The van der Waals surface area contributed by atoms with Crippen LogP contribution in [0, 0.1) is 0 Å². The van der Waals surface area contributed by atoms with E-state index in [1.807, 2.05) is 11.9 Å². The molecule has 1 atom stereocenters. The summed E-state index contributed by atoms with van der Waals surface area (Å²) in [7, 11) is -1.35. The molecule has 0 spiro atoms. The van der Waals surface area contributed by atoms with Crippen molar-refractivity contribution in [3.8, 4) is 0 Å². The Balaban J connectivity index is 2.24. The van der Waals surface area contributed by atoms with Gasteiger partial charge in [-0.3, -0.25) is 4.79 Å². The van der Waals surface area contributed by atoms with Gasteiger partial charge in [0.25, 0.3) is 0 Å². The normalized spacial score (nSPS) is 20.6. The molecule has 0 saturated carbocycles. The second kappa shape index (κ2) is 7.78. The molecule has 0 aliphatic carbocycles. The number of likely N-dealkylation sites (N-methyl/N-ethyl adjacent to an activating group) is 1. The van der Waals surface area contributed by atoms with Crippen LogP contribution in [0.15, 0.2) is 0 Å². The quantitative estimate of drug-likeness (QED) is 0.547. The molecule has 3 N–H and O–H groups in total. The number of ether oxygens (including phenoxy) is 1. The largest absolute Gasteiger partial charge is 0.374 e. The summed E-state index contributed by atoms with van der Waals surface area (Å²) in [6.45, 7) is 3.47. The first-order chi connectivity index (χ1) is 8.89. The maximum Gasteiger partial charge on any atom is 0.218 e. The van der Waals surface area contributed by atoms with Gasteiger partial charge < -0.3 is 20.7 Å². The minimum absolute atomic E-state index is 0.0386. The Bertz CT molecular complexity index is 379. The number of amides is 1. The zero-order chi connectivity index (χ0) is 14.3. The van der Waals surface area contributed by atoms with Crippen molar-refractivity contribution in [1.82, 2.24) is 10.2 Å². The Kier molecular flexibility index (Phi) is 6.70. The Morgan fingerprint density at radius 3 is 2.79 bits per heavy atom. The third-order valence-electron chi connectivity index (χ3n) is 2.96. The van der Waals surface area contributed by atoms with Crippen LogP contribution in [0.3, 0.4) is 0 Å². The van der Waals surface area contributed by atoms with Gasteiger partial charge in [-0.1, -0.05) is 0 Å². The summed E-state index contributed by atoms with van der Waals surface area (Å²) in [6.07, 6.45) is -0.00565. The van der Waals surface area contributed by atoms with Gasteiger partial charge in [0.1, 0.15) is 0 Å². The first kappa shape index (κ1) is 16.4. The monoisotopic (exact) mass is 293 g/mol. The van der Waals surface area contributed by atoms with E-state index in [1.54, 1.807) is 0 Å². The van der Waals surface area contributed by atoms with Gasteiger partial charge in [-0.05, 0) is 7.05 Å². The maximum atomic E-state index is 11.7. The van der Waals surface area contributed by atoms with Crippen LogP contribution in [-0.2, 0) is 19.4 Å². The lowest BCUT2D eigenvalue weighted by Crippen LogP contribution is -2.45. The number of carbonyl (C=O) groups is 1. The summed E-state index contributed by atoms with van der Waals surface area (Å²) < 4.78 is 28.9. The zero-order valence-electron chi connectivity index (χ0n) is 11.3. The summed E-state index contributed by atoms with van der Waals surface area (Å²) in [5.41, 5.74) is 4.94. The Morgan fingerprint density at radius 2 is 2.21 bits per heavy atom. The van der Waals surface area contributed by atoms with Crippen molar-refractivity contribution in [1.29, 1.82) is 0 Å². The summed E-state index contributed by atoms with van der Waals surface area (Å²) in [5, 5.41) is 3.22. The summed E-state index contributed by atoms with van der Waals surface area (Å²) >= 11 is 0. The number of carbonyl (C=O) groups excluding carboxylic acids is 1. The predicted octanol–water partition coefficient (Wildman–Crippen LogP) is -1.80. The van der Waals surface area contributed by atoms with E-state index in [0.29, 0.717) is 19.7 Å². The van der Waals surface area contributed by atoms with E-state index < -0.39 is 15.7 Å². The summed E-state index contributed by atoms with van der Waals surface area (Å²) in [5.74, 6) is -0.715. The third-order valence-corrected chi connectivity index (χ3v) is 4.59. The van der Waals surface area contributed by atoms with Crippen LogP contribution in [0.5, 0.6) is 0 Å². The van der Waals surface area contributed by atoms with E-state index in [0.717, 1.165) is 13.1 Å². The molecule has 7 nitrogen and oxygen atoms in total. The fourth-order valence-electron chi connectivity index (χ4n) is 1.83. The first-order valence-corrected chi connectivity index (χ1v) is 8.21. The highest BCUT2D eigenvalue weighted by Crippen LogP contribution is 2.00. The Hall–Kier alpha value is -0.700. The van der Waals surface area contributed by atoms with Gasteiger partial charge in [-0.2, -0.15) is 0 Å². The van der Waals surface area contributed by atoms with E-state index in [2.05, 4.69) is 5.32 Å². The molecule has 1 aliphatic heterocycles. The standard InChI is InChI=1S/C11H23N3O4S/c1-14(9-10-8-13-3-5-18-10)4-7-19(16,17)6-2-11(12)15/h10,13H,2-9H2,1H3,(H2,12,15). The van der Waals surface area contributed by atoms with E-state index in [-0.39, 0.29) is 24.0 Å². The molecule has 0 aromatic heterocycles. The molecule has 19 heavy (non-hydrogen) atoms. The highest BCUT2D eigenvalue weighted by Gasteiger charge is 2.18. The van der Waals surface area contributed by atoms with Crippen molar-refractivity contribution < 1.29 is 17.9 Å². The number of nitrogens with two attached hydrogens (primary N) is 1. The van der Waals surface area contributed by atoms with Gasteiger partial charge in [0, 0.05) is 32.6 Å². The molecule has 1 unspecified atom stereocenters. The molecular formula is C11H23N3O4S. The molecular weight excluding hydrogens is 270 g/mol. The van der Waals surface area contributed by atoms with E-state index in [1.165, 1.54) is 0 Å². The van der Waals surface area contributed by atoms with Crippen LogP contribution in [0.2, 0.25) is 0 Å². The molecule has 0 radical (unpaired) electrons. The van der Waals surface area contributed by atoms with Crippen molar-refractivity contribution in [2.45, 2.75) is 12.5 Å². The molecule has 112 valence electrons. The summed E-state index contributed by atoms with van der Waals surface area (Å²) in [4.78, 5) is 12.5. The highest BCUT2D eigenvalue weighted by molar-refractivity contribution is 7.91. The van der Waals surface area contributed by atoms with Gasteiger partial charge in [0.05, 0.1) is 24.2 Å². The van der Waals surface area contributed by atoms with Gasteiger partial charge >= 0.3 is 0 Å². The highest BCUT2D eigenvalue weighted by atomic mass is 32.2. The maximum absolute atomic E-state index is 11.7. The van der Waals surface area contributed by atoms with Crippen LogP contribution < -0.4 is 11.1 Å². The average molecular weight is 293 g/mol. The van der Waals surface area contributed by atoms with Gasteiger partial charge in [0.15, 0.2) is 9.84 Å². The molecule has 1 fully saturated rings. The summed E-state index contributed by atoms with van der Waals surface area (Å²) in [6, 6.07) is 0. The van der Waals surface area contributed by atoms with Crippen LogP contribution in [0.25, 0.3) is 0 Å². The lowest BCUT2D eigenvalue weighted by molar-refractivity contribution is -0.117. The van der Waals surface area contributed by atoms with Crippen LogP contribution >= 0.6 is 0 Å². The average Bonchev–Trinajstić information content (AvgIpc) is 2.36. The van der Waals surface area contributed by atoms with Gasteiger partial charge in [0.2, 0.25) is 5.91 Å². The van der Waals surface area contributed by atoms with Crippen LogP contribution in [0.1, 0.15) is 6.42 Å². The molecule has 1 rings (SSSR count). The van der Waals surface area contributed by atoms with Crippen molar-refractivity contribution in [2.24, 2.45) is 5.73 Å². The zero-order valence-corrected chi connectivity index (χ0v) is 12.1. The number of nitrogens with zero attached hydrogens (tertiary/aromatic N) is 1. The minimum Gasteiger partial charge on any atom is -0.374 e. The van der Waals surface area contributed by atoms with E-state index in [4.69, 9.17) is 10.5 Å². The van der Waals surface area contributed by atoms with Crippen LogP contribution in [0.4, 0.5) is 0 Å².